The summed E-state index contributed by atoms with van der Waals surface area (Å²) in [6.07, 6.45) is 3.73. The maximum absolute atomic E-state index is 12.5. The van der Waals surface area contributed by atoms with Gasteiger partial charge in [0, 0.05) is 49.0 Å². The fourth-order valence-electron chi connectivity index (χ4n) is 4.98. The molecule has 0 radical (unpaired) electrons. The quantitative estimate of drug-likeness (QED) is 0.508. The van der Waals surface area contributed by atoms with E-state index in [0.717, 1.165) is 59.3 Å². The number of hydrogen-bond acceptors (Lipinski definition) is 4. The number of para-hydroxylation sites is 2. The Labute approximate surface area is 196 Å². The van der Waals surface area contributed by atoms with Gasteiger partial charge in [-0.15, -0.1) is 0 Å². The number of benzene rings is 2. The molecule has 3 N–H and O–H groups in total. The molecule has 3 aromatic rings. The first kappa shape index (κ1) is 22.9. The number of pyridine rings is 1. The van der Waals surface area contributed by atoms with E-state index in [1.165, 1.54) is 0 Å². The molecule has 2 amide bonds. The van der Waals surface area contributed by atoms with Crippen LogP contribution in [0.5, 0.6) is 0 Å². The molecule has 4 rings (SSSR count). The standard InChI is InChI=1S/C27H35N5O/c1-18(2)21-9-6-8-12-24(21)32(27(28)33)20-15-13-19(14-16-20)29-26-17-25(31(3)4)22-10-5-7-11-23(22)30-26/h5-12,17-20H,13-16H2,1-4H3,(H2,28,33)(H,29,30)/t19-,20+. The number of anilines is 3. The molecule has 0 aliphatic heterocycles. The minimum Gasteiger partial charge on any atom is -0.377 e. The molecule has 1 fully saturated rings. The molecule has 1 aromatic heterocycles. The van der Waals surface area contributed by atoms with Gasteiger partial charge in [0.25, 0.3) is 0 Å². The summed E-state index contributed by atoms with van der Waals surface area (Å²) in [5.74, 6) is 1.23. The van der Waals surface area contributed by atoms with Crippen molar-refractivity contribution in [3.05, 3.63) is 60.2 Å². The second-order valence-electron chi connectivity index (χ2n) is 9.51. The van der Waals surface area contributed by atoms with Gasteiger partial charge in [0.05, 0.1) is 5.52 Å². The monoisotopic (exact) mass is 445 g/mol. The number of nitrogens with one attached hydrogen (secondary N) is 1. The molecule has 1 aliphatic rings. The van der Waals surface area contributed by atoms with Crippen molar-refractivity contribution in [3.63, 3.8) is 0 Å². The fraction of sp³-hybridized carbons (Fsp3) is 0.407. The maximum Gasteiger partial charge on any atom is 0.319 e. The van der Waals surface area contributed by atoms with Crippen LogP contribution in [0.25, 0.3) is 10.9 Å². The molecule has 0 atom stereocenters. The minimum atomic E-state index is -0.369. The summed E-state index contributed by atoms with van der Waals surface area (Å²) in [7, 11) is 4.12. The van der Waals surface area contributed by atoms with Gasteiger partial charge in [0.2, 0.25) is 0 Å². The molecule has 0 spiro atoms. The van der Waals surface area contributed by atoms with E-state index < -0.39 is 0 Å². The zero-order chi connectivity index (χ0) is 23.5. The second kappa shape index (κ2) is 9.69. The van der Waals surface area contributed by atoms with Crippen molar-refractivity contribution in [2.24, 2.45) is 5.73 Å². The van der Waals surface area contributed by atoms with Crippen molar-refractivity contribution in [2.75, 3.05) is 29.2 Å². The number of carbonyl (C=O) groups is 1. The number of primary amides is 1. The number of fused-ring (bicyclic) bond motifs is 1. The summed E-state index contributed by atoms with van der Waals surface area (Å²) in [6.45, 7) is 4.30. The third kappa shape index (κ3) is 4.90. The van der Waals surface area contributed by atoms with E-state index in [1.54, 1.807) is 0 Å². The number of carbonyl (C=O) groups excluding carboxylic acids is 1. The van der Waals surface area contributed by atoms with E-state index in [-0.39, 0.29) is 12.1 Å². The van der Waals surface area contributed by atoms with E-state index >= 15 is 0 Å². The Kier molecular flexibility index (Phi) is 6.72. The van der Waals surface area contributed by atoms with Crippen LogP contribution in [-0.2, 0) is 0 Å². The molecule has 1 heterocycles. The van der Waals surface area contributed by atoms with Gasteiger partial charge in [-0.3, -0.25) is 4.90 Å². The van der Waals surface area contributed by atoms with Gasteiger partial charge in [-0.05, 0) is 49.3 Å². The number of nitrogens with two attached hydrogens (primary N) is 1. The van der Waals surface area contributed by atoms with Crippen molar-refractivity contribution < 1.29 is 4.79 Å². The van der Waals surface area contributed by atoms with Crippen molar-refractivity contribution in [1.82, 2.24) is 4.98 Å². The van der Waals surface area contributed by atoms with Crippen LogP contribution in [0.15, 0.2) is 54.6 Å². The first-order chi connectivity index (χ1) is 15.8. The predicted molar refractivity (Wildman–Crippen MR) is 138 cm³/mol. The minimum absolute atomic E-state index is 0.113. The highest BCUT2D eigenvalue weighted by Crippen LogP contribution is 2.34. The van der Waals surface area contributed by atoms with Gasteiger partial charge in [-0.2, -0.15) is 0 Å². The summed E-state index contributed by atoms with van der Waals surface area (Å²) < 4.78 is 0. The Hall–Kier alpha value is -3.28. The Morgan fingerprint density at radius 2 is 1.67 bits per heavy atom. The predicted octanol–water partition coefficient (Wildman–Crippen LogP) is 5.73. The van der Waals surface area contributed by atoms with Crippen LogP contribution >= 0.6 is 0 Å². The van der Waals surface area contributed by atoms with Gasteiger partial charge in [-0.1, -0.05) is 50.2 Å². The molecule has 174 valence electrons. The molecular formula is C27H35N5O. The number of urea groups is 1. The highest BCUT2D eigenvalue weighted by Gasteiger charge is 2.30. The first-order valence-electron chi connectivity index (χ1n) is 11.9. The molecule has 33 heavy (non-hydrogen) atoms. The van der Waals surface area contributed by atoms with Gasteiger partial charge in [0.1, 0.15) is 5.82 Å². The number of rotatable bonds is 6. The molecule has 0 unspecified atom stereocenters. The molecule has 6 nitrogen and oxygen atoms in total. The first-order valence-corrected chi connectivity index (χ1v) is 11.9. The van der Waals surface area contributed by atoms with Crippen LogP contribution < -0.4 is 20.9 Å². The summed E-state index contributed by atoms with van der Waals surface area (Å²) in [5.41, 5.74) is 10.1. The topological polar surface area (TPSA) is 74.5 Å². The average molecular weight is 446 g/mol. The van der Waals surface area contributed by atoms with Crippen LogP contribution in [-0.4, -0.2) is 37.2 Å². The maximum atomic E-state index is 12.5. The fourth-order valence-corrected chi connectivity index (χ4v) is 4.98. The Morgan fingerprint density at radius 1 is 1.00 bits per heavy atom. The SMILES string of the molecule is CC(C)c1ccccc1N(C(N)=O)[C@H]1CC[C@@H](Nc2cc(N(C)C)c3ccccc3n2)CC1. The lowest BCUT2D eigenvalue weighted by Gasteiger charge is -2.37. The van der Waals surface area contributed by atoms with E-state index in [0.29, 0.717) is 12.0 Å². The number of nitrogens with zero attached hydrogens (tertiary/aromatic N) is 3. The third-order valence-electron chi connectivity index (χ3n) is 6.65. The number of aromatic nitrogens is 1. The molecule has 0 bridgehead atoms. The lowest BCUT2D eigenvalue weighted by Crippen LogP contribution is -2.47. The van der Waals surface area contributed by atoms with E-state index in [9.17, 15) is 4.79 Å². The second-order valence-corrected chi connectivity index (χ2v) is 9.51. The summed E-state index contributed by atoms with van der Waals surface area (Å²) in [5, 5.41) is 4.80. The van der Waals surface area contributed by atoms with Crippen LogP contribution in [0, 0.1) is 0 Å². The van der Waals surface area contributed by atoms with Gasteiger partial charge >= 0.3 is 6.03 Å². The zero-order valence-electron chi connectivity index (χ0n) is 20.1. The Morgan fingerprint density at radius 3 is 2.33 bits per heavy atom. The van der Waals surface area contributed by atoms with Gasteiger partial charge in [-0.25, -0.2) is 9.78 Å². The molecule has 6 heteroatoms. The van der Waals surface area contributed by atoms with Gasteiger partial charge in [0.15, 0.2) is 0 Å². The number of hydrogen-bond donors (Lipinski definition) is 2. The smallest absolute Gasteiger partial charge is 0.319 e. The lowest BCUT2D eigenvalue weighted by atomic mass is 9.89. The summed E-state index contributed by atoms with van der Waals surface area (Å²) in [6, 6.07) is 18.6. The largest absolute Gasteiger partial charge is 0.377 e. The van der Waals surface area contributed by atoms with Crippen LogP contribution in [0.4, 0.5) is 22.0 Å². The van der Waals surface area contributed by atoms with E-state index in [4.69, 9.17) is 10.7 Å². The van der Waals surface area contributed by atoms with Crippen LogP contribution in [0.1, 0.15) is 51.0 Å². The summed E-state index contributed by atoms with van der Waals surface area (Å²) >= 11 is 0. The summed E-state index contributed by atoms with van der Waals surface area (Å²) in [4.78, 5) is 21.3. The highest BCUT2D eigenvalue weighted by atomic mass is 16.2. The van der Waals surface area contributed by atoms with Crippen molar-refractivity contribution >= 4 is 34.1 Å². The zero-order valence-corrected chi connectivity index (χ0v) is 20.1. The third-order valence-corrected chi connectivity index (χ3v) is 6.65. The normalized spacial score (nSPS) is 18.3. The average Bonchev–Trinajstić information content (AvgIpc) is 2.80. The molecule has 1 saturated carbocycles. The molecule has 2 aromatic carbocycles. The van der Waals surface area contributed by atoms with E-state index in [2.05, 4.69) is 62.4 Å². The van der Waals surface area contributed by atoms with Crippen LogP contribution in [0.2, 0.25) is 0 Å². The van der Waals surface area contributed by atoms with E-state index in [1.807, 2.05) is 35.2 Å². The van der Waals surface area contributed by atoms with Gasteiger partial charge < -0.3 is 16.0 Å². The molecule has 0 saturated heterocycles. The Balaban J connectivity index is 1.49. The molecular weight excluding hydrogens is 410 g/mol. The van der Waals surface area contributed by atoms with Crippen LogP contribution in [0.3, 0.4) is 0 Å². The van der Waals surface area contributed by atoms with Crippen molar-refractivity contribution in [3.8, 4) is 0 Å². The molecule has 1 aliphatic carbocycles. The van der Waals surface area contributed by atoms with Crippen molar-refractivity contribution in [2.45, 2.75) is 57.5 Å². The van der Waals surface area contributed by atoms with Crippen molar-refractivity contribution in [1.29, 1.82) is 0 Å². The Bertz CT molecular complexity index is 1120. The highest BCUT2D eigenvalue weighted by molar-refractivity contribution is 5.93. The lowest BCUT2D eigenvalue weighted by molar-refractivity contribution is 0.248. The number of amides is 2.